The van der Waals surface area contributed by atoms with Crippen LogP contribution in [-0.2, 0) is 43.5 Å². The standard InChI is InChI=1S/C33H44O7Si/c1-35-28-17-15-27(16-18-28)24-38-31-30(37-22-25-11-7-5-8-12-25)29(21-34)40-33(36-19-20-41(2,3)4)32(31)39-23-26-13-9-6-10-14-26/h5-18,29-34H,19-24H2,1-4H3/t29-,30+,31+,32-,33-/m1/s1. The van der Waals surface area contributed by atoms with Crippen molar-refractivity contribution in [2.75, 3.05) is 20.3 Å². The molecule has 1 aliphatic rings. The molecule has 1 N–H and O–H groups in total. The maximum atomic E-state index is 10.4. The van der Waals surface area contributed by atoms with Gasteiger partial charge < -0.3 is 33.5 Å². The van der Waals surface area contributed by atoms with E-state index in [9.17, 15) is 5.11 Å². The monoisotopic (exact) mass is 580 g/mol. The van der Waals surface area contributed by atoms with Gasteiger partial charge in [0.1, 0.15) is 30.2 Å². The minimum atomic E-state index is -1.35. The molecule has 0 bridgehead atoms. The zero-order chi connectivity index (χ0) is 29.1. The molecule has 0 spiro atoms. The van der Waals surface area contributed by atoms with Crippen LogP contribution in [0.2, 0.25) is 25.7 Å². The molecule has 1 aliphatic heterocycles. The summed E-state index contributed by atoms with van der Waals surface area (Å²) in [5.74, 6) is 0.782. The van der Waals surface area contributed by atoms with Gasteiger partial charge in [-0.3, -0.25) is 0 Å². The molecule has 3 aromatic rings. The summed E-state index contributed by atoms with van der Waals surface area (Å²) in [6.07, 6.45) is -3.10. The third kappa shape index (κ3) is 9.75. The zero-order valence-electron chi connectivity index (χ0n) is 24.6. The summed E-state index contributed by atoms with van der Waals surface area (Å²) in [7, 11) is 0.302. The van der Waals surface area contributed by atoms with Gasteiger partial charge in [-0.15, -0.1) is 0 Å². The van der Waals surface area contributed by atoms with E-state index < -0.39 is 38.8 Å². The first kappa shape index (κ1) is 31.4. The third-order valence-corrected chi connectivity index (χ3v) is 8.78. The van der Waals surface area contributed by atoms with Gasteiger partial charge in [0, 0.05) is 14.7 Å². The second-order valence-corrected chi connectivity index (χ2v) is 17.2. The van der Waals surface area contributed by atoms with Gasteiger partial charge in [0.2, 0.25) is 0 Å². The highest BCUT2D eigenvalue weighted by molar-refractivity contribution is 6.76. The summed E-state index contributed by atoms with van der Waals surface area (Å²) in [6, 6.07) is 28.7. The molecular formula is C33H44O7Si. The molecule has 0 aromatic heterocycles. The van der Waals surface area contributed by atoms with Gasteiger partial charge in [-0.25, -0.2) is 0 Å². The highest BCUT2D eigenvalue weighted by Gasteiger charge is 2.48. The molecule has 41 heavy (non-hydrogen) atoms. The summed E-state index contributed by atoms with van der Waals surface area (Å²) in [5.41, 5.74) is 3.04. The molecule has 0 amide bonds. The smallest absolute Gasteiger partial charge is 0.186 e. The van der Waals surface area contributed by atoms with Crippen molar-refractivity contribution in [3.05, 3.63) is 102 Å². The number of rotatable bonds is 15. The molecule has 1 heterocycles. The fourth-order valence-electron chi connectivity index (χ4n) is 4.66. The van der Waals surface area contributed by atoms with E-state index in [0.29, 0.717) is 26.4 Å². The van der Waals surface area contributed by atoms with E-state index in [1.54, 1.807) is 7.11 Å². The fourth-order valence-corrected chi connectivity index (χ4v) is 5.39. The Morgan fingerprint density at radius 3 is 1.68 bits per heavy atom. The Labute approximate surface area is 245 Å². The van der Waals surface area contributed by atoms with Gasteiger partial charge in [-0.1, -0.05) is 92.4 Å². The van der Waals surface area contributed by atoms with E-state index >= 15 is 0 Å². The largest absolute Gasteiger partial charge is 0.497 e. The molecule has 4 rings (SSSR count). The number of aliphatic hydroxyl groups is 1. The van der Waals surface area contributed by atoms with E-state index in [1.165, 1.54) is 0 Å². The molecule has 3 aromatic carbocycles. The van der Waals surface area contributed by atoms with Crippen LogP contribution in [0.25, 0.3) is 0 Å². The summed E-state index contributed by atoms with van der Waals surface area (Å²) in [4.78, 5) is 0. The maximum absolute atomic E-state index is 10.4. The van der Waals surface area contributed by atoms with Crippen molar-refractivity contribution in [3.8, 4) is 5.75 Å². The van der Waals surface area contributed by atoms with Crippen LogP contribution in [0.5, 0.6) is 5.75 Å². The van der Waals surface area contributed by atoms with Crippen LogP contribution in [0.1, 0.15) is 16.7 Å². The van der Waals surface area contributed by atoms with Crippen LogP contribution in [0, 0.1) is 0 Å². The molecule has 1 saturated heterocycles. The van der Waals surface area contributed by atoms with Crippen LogP contribution in [0.15, 0.2) is 84.9 Å². The van der Waals surface area contributed by atoms with Crippen molar-refractivity contribution in [1.29, 1.82) is 0 Å². The lowest BCUT2D eigenvalue weighted by atomic mass is 9.98. The van der Waals surface area contributed by atoms with Crippen LogP contribution in [-0.4, -0.2) is 64.2 Å². The second-order valence-electron chi connectivity index (χ2n) is 11.6. The van der Waals surface area contributed by atoms with E-state index in [0.717, 1.165) is 28.5 Å². The minimum absolute atomic E-state index is 0.235. The Morgan fingerprint density at radius 2 is 1.17 bits per heavy atom. The topological polar surface area (TPSA) is 75.6 Å². The van der Waals surface area contributed by atoms with E-state index in [2.05, 4.69) is 19.6 Å². The molecule has 1 fully saturated rings. The average molecular weight is 581 g/mol. The van der Waals surface area contributed by atoms with E-state index in [-0.39, 0.29) is 6.61 Å². The number of methoxy groups -OCH3 is 1. The van der Waals surface area contributed by atoms with E-state index in [1.807, 2.05) is 84.9 Å². The van der Waals surface area contributed by atoms with Crippen molar-refractivity contribution in [1.82, 2.24) is 0 Å². The van der Waals surface area contributed by atoms with Gasteiger partial charge in [-0.2, -0.15) is 0 Å². The Balaban J connectivity index is 1.60. The lowest BCUT2D eigenvalue weighted by Crippen LogP contribution is -2.61. The molecule has 7 nitrogen and oxygen atoms in total. The number of hydrogen-bond acceptors (Lipinski definition) is 7. The van der Waals surface area contributed by atoms with Crippen molar-refractivity contribution < 1.29 is 33.5 Å². The molecule has 0 radical (unpaired) electrons. The van der Waals surface area contributed by atoms with Crippen molar-refractivity contribution in [2.45, 2.75) is 76.2 Å². The third-order valence-electron chi connectivity index (χ3n) is 7.08. The van der Waals surface area contributed by atoms with Gasteiger partial charge >= 0.3 is 0 Å². The molecule has 0 aliphatic carbocycles. The maximum Gasteiger partial charge on any atom is 0.186 e. The number of benzene rings is 3. The first-order valence-corrected chi connectivity index (χ1v) is 18.0. The molecule has 8 heteroatoms. The van der Waals surface area contributed by atoms with E-state index in [4.69, 9.17) is 28.4 Å². The minimum Gasteiger partial charge on any atom is -0.497 e. The first-order chi connectivity index (χ1) is 19.9. The zero-order valence-corrected chi connectivity index (χ0v) is 25.6. The summed E-state index contributed by atoms with van der Waals surface area (Å²) < 4.78 is 37.6. The number of aliphatic hydroxyl groups excluding tert-OH is 1. The summed E-state index contributed by atoms with van der Waals surface area (Å²) in [6.45, 7) is 8.28. The summed E-state index contributed by atoms with van der Waals surface area (Å²) >= 11 is 0. The normalized spacial score (nSPS) is 22.9. The molecule has 0 unspecified atom stereocenters. The van der Waals surface area contributed by atoms with Gasteiger partial charge in [0.15, 0.2) is 6.29 Å². The predicted molar refractivity (Wildman–Crippen MR) is 161 cm³/mol. The summed E-state index contributed by atoms with van der Waals surface area (Å²) in [5, 5.41) is 10.4. The fraction of sp³-hybridized carbons (Fsp3) is 0.455. The number of ether oxygens (including phenoxy) is 6. The van der Waals surface area contributed by atoms with Crippen molar-refractivity contribution in [3.63, 3.8) is 0 Å². The van der Waals surface area contributed by atoms with Gasteiger partial charge in [-0.05, 0) is 34.9 Å². The molecule has 0 saturated carbocycles. The highest BCUT2D eigenvalue weighted by atomic mass is 28.3. The number of hydrogen-bond donors (Lipinski definition) is 1. The van der Waals surface area contributed by atoms with Gasteiger partial charge in [0.25, 0.3) is 0 Å². The lowest BCUT2D eigenvalue weighted by molar-refractivity contribution is -0.325. The Bertz CT molecular complexity index is 1140. The Hall–Kier alpha value is -2.56. The molecular weight excluding hydrogens is 536 g/mol. The van der Waals surface area contributed by atoms with Crippen molar-refractivity contribution in [2.24, 2.45) is 0 Å². The SMILES string of the molecule is COc1ccc(CO[C@H]2[C@@H](OCc3ccccc3)[C@@H](CO)O[C@@H](OCC[Si](C)(C)C)[C@@H]2OCc2ccccc2)cc1. The van der Waals surface area contributed by atoms with Crippen LogP contribution >= 0.6 is 0 Å². The second kappa shape index (κ2) is 15.6. The average Bonchev–Trinajstić information content (AvgIpc) is 2.99. The Morgan fingerprint density at radius 1 is 0.659 bits per heavy atom. The quantitative estimate of drug-likeness (QED) is 0.227. The van der Waals surface area contributed by atoms with Crippen LogP contribution in [0.4, 0.5) is 0 Å². The lowest BCUT2D eigenvalue weighted by Gasteiger charge is -2.45. The van der Waals surface area contributed by atoms with Crippen molar-refractivity contribution >= 4 is 8.07 Å². The predicted octanol–water partition coefficient (Wildman–Crippen LogP) is 5.82. The van der Waals surface area contributed by atoms with Crippen LogP contribution < -0.4 is 4.74 Å². The first-order valence-electron chi connectivity index (χ1n) is 14.3. The molecule has 5 atom stereocenters. The Kier molecular flexibility index (Phi) is 11.9. The van der Waals surface area contributed by atoms with Crippen LogP contribution in [0.3, 0.4) is 0 Å². The highest BCUT2D eigenvalue weighted by Crippen LogP contribution is 2.31. The van der Waals surface area contributed by atoms with Gasteiger partial charge in [0.05, 0.1) is 33.5 Å². The molecule has 222 valence electrons.